The lowest BCUT2D eigenvalue weighted by Crippen LogP contribution is -2.51. The maximum absolute atomic E-state index is 12.0. The lowest BCUT2D eigenvalue weighted by atomic mass is 10.0. The smallest absolute Gasteiger partial charge is 0.410 e. The summed E-state index contributed by atoms with van der Waals surface area (Å²) in [6.45, 7) is 6.14. The van der Waals surface area contributed by atoms with E-state index in [-0.39, 0.29) is 31.6 Å². The Morgan fingerprint density at radius 1 is 1.42 bits per heavy atom. The number of ether oxygens (including phenoxy) is 3. The van der Waals surface area contributed by atoms with Crippen molar-refractivity contribution in [3.05, 3.63) is 0 Å². The molecule has 0 unspecified atom stereocenters. The van der Waals surface area contributed by atoms with Crippen LogP contribution < -0.4 is 0 Å². The third-order valence-corrected chi connectivity index (χ3v) is 2.93. The Kier molecular flexibility index (Phi) is 6.03. The average molecular weight is 275 g/mol. The number of likely N-dealkylation sites (tertiary alicyclic amines) is 1. The molecule has 0 spiro atoms. The quantitative estimate of drug-likeness (QED) is 0.785. The van der Waals surface area contributed by atoms with Gasteiger partial charge in [0.25, 0.3) is 0 Å². The van der Waals surface area contributed by atoms with Gasteiger partial charge in [-0.2, -0.15) is 0 Å². The van der Waals surface area contributed by atoms with Crippen molar-refractivity contribution in [1.29, 1.82) is 0 Å². The van der Waals surface area contributed by atoms with Gasteiger partial charge in [0.1, 0.15) is 12.4 Å². The summed E-state index contributed by atoms with van der Waals surface area (Å²) in [5, 5.41) is 9.42. The number of carbonyl (C=O) groups is 1. The van der Waals surface area contributed by atoms with Crippen LogP contribution in [0.15, 0.2) is 0 Å². The van der Waals surface area contributed by atoms with E-state index in [1.54, 1.807) is 12.0 Å². The van der Waals surface area contributed by atoms with Crippen LogP contribution in [-0.2, 0) is 14.2 Å². The Balaban J connectivity index is 2.54. The van der Waals surface area contributed by atoms with Gasteiger partial charge in [-0.1, -0.05) is 0 Å². The van der Waals surface area contributed by atoms with Gasteiger partial charge in [0.05, 0.1) is 18.8 Å². The van der Waals surface area contributed by atoms with Crippen LogP contribution in [-0.4, -0.2) is 60.9 Å². The first kappa shape index (κ1) is 16.2. The van der Waals surface area contributed by atoms with Gasteiger partial charge in [-0.15, -0.1) is 0 Å². The molecule has 1 rings (SSSR count). The number of aliphatic hydroxyl groups is 1. The molecule has 1 N–H and O–H groups in total. The van der Waals surface area contributed by atoms with Crippen molar-refractivity contribution < 1.29 is 24.1 Å². The standard InChI is InChI=1S/C13H25NO5/c1-13(2,3)19-12(16)14-6-5-11(18-9-17-4)7-10(14)8-15/h10-11,15H,5-9H2,1-4H3/t10-,11-/m0/s1. The van der Waals surface area contributed by atoms with E-state index in [9.17, 15) is 9.90 Å². The van der Waals surface area contributed by atoms with E-state index in [4.69, 9.17) is 14.2 Å². The molecule has 0 saturated carbocycles. The van der Waals surface area contributed by atoms with E-state index in [0.29, 0.717) is 13.0 Å². The summed E-state index contributed by atoms with van der Waals surface area (Å²) in [6, 6.07) is -0.259. The topological polar surface area (TPSA) is 68.2 Å². The number of hydrogen-bond acceptors (Lipinski definition) is 5. The molecule has 1 aliphatic heterocycles. The van der Waals surface area contributed by atoms with E-state index in [1.807, 2.05) is 20.8 Å². The van der Waals surface area contributed by atoms with Gasteiger partial charge >= 0.3 is 6.09 Å². The van der Waals surface area contributed by atoms with Crippen LogP contribution in [0, 0.1) is 0 Å². The first-order valence-corrected chi connectivity index (χ1v) is 6.58. The minimum absolute atomic E-state index is 0.00999. The van der Waals surface area contributed by atoms with Crippen LogP contribution in [0.25, 0.3) is 0 Å². The third kappa shape index (κ3) is 5.34. The van der Waals surface area contributed by atoms with Gasteiger partial charge in [-0.25, -0.2) is 4.79 Å². The molecule has 1 fully saturated rings. The fourth-order valence-corrected chi connectivity index (χ4v) is 2.06. The summed E-state index contributed by atoms with van der Waals surface area (Å²) in [6.07, 6.45) is 0.950. The van der Waals surface area contributed by atoms with Crippen LogP contribution in [0.4, 0.5) is 4.79 Å². The molecule has 1 aliphatic rings. The maximum Gasteiger partial charge on any atom is 0.410 e. The summed E-state index contributed by atoms with van der Waals surface area (Å²) in [5.74, 6) is 0. The summed E-state index contributed by atoms with van der Waals surface area (Å²) >= 11 is 0. The van der Waals surface area contributed by atoms with Crippen molar-refractivity contribution in [2.45, 2.75) is 51.4 Å². The van der Waals surface area contributed by atoms with Gasteiger partial charge in [0, 0.05) is 13.7 Å². The zero-order valence-electron chi connectivity index (χ0n) is 12.2. The van der Waals surface area contributed by atoms with Crippen LogP contribution in [0.2, 0.25) is 0 Å². The molecule has 1 saturated heterocycles. The Labute approximate surface area is 114 Å². The van der Waals surface area contributed by atoms with Gasteiger partial charge in [0.15, 0.2) is 0 Å². The largest absolute Gasteiger partial charge is 0.444 e. The molecule has 6 nitrogen and oxygen atoms in total. The molecule has 112 valence electrons. The lowest BCUT2D eigenvalue weighted by Gasteiger charge is -2.38. The van der Waals surface area contributed by atoms with Gasteiger partial charge in [0.2, 0.25) is 0 Å². The van der Waals surface area contributed by atoms with E-state index >= 15 is 0 Å². The van der Waals surface area contributed by atoms with E-state index in [2.05, 4.69) is 0 Å². The fourth-order valence-electron chi connectivity index (χ4n) is 2.06. The molecule has 19 heavy (non-hydrogen) atoms. The van der Waals surface area contributed by atoms with E-state index in [1.165, 1.54) is 0 Å². The number of piperidine rings is 1. The van der Waals surface area contributed by atoms with Crippen LogP contribution in [0.5, 0.6) is 0 Å². The lowest BCUT2D eigenvalue weighted by molar-refractivity contribution is -0.101. The third-order valence-electron chi connectivity index (χ3n) is 2.93. The van der Waals surface area contributed by atoms with Gasteiger partial charge < -0.3 is 24.2 Å². The van der Waals surface area contributed by atoms with Crippen LogP contribution in [0.3, 0.4) is 0 Å². The minimum atomic E-state index is -0.527. The predicted molar refractivity (Wildman–Crippen MR) is 69.8 cm³/mol. The summed E-state index contributed by atoms with van der Waals surface area (Å²) in [4.78, 5) is 13.6. The molecule has 6 heteroatoms. The number of hydrogen-bond donors (Lipinski definition) is 1. The zero-order valence-corrected chi connectivity index (χ0v) is 12.2. The van der Waals surface area contributed by atoms with Gasteiger partial charge in [-0.3, -0.25) is 0 Å². The Morgan fingerprint density at radius 2 is 2.11 bits per heavy atom. The number of rotatable bonds is 4. The molecule has 0 aromatic heterocycles. The second-order valence-corrected chi connectivity index (χ2v) is 5.73. The van der Waals surface area contributed by atoms with E-state index < -0.39 is 5.60 Å². The molecule has 2 atom stereocenters. The highest BCUT2D eigenvalue weighted by molar-refractivity contribution is 5.68. The molecular weight excluding hydrogens is 250 g/mol. The monoisotopic (exact) mass is 275 g/mol. The van der Waals surface area contributed by atoms with Crippen molar-refractivity contribution >= 4 is 6.09 Å². The van der Waals surface area contributed by atoms with Crippen LogP contribution in [0.1, 0.15) is 33.6 Å². The summed E-state index contributed by atoms with van der Waals surface area (Å²) in [7, 11) is 1.57. The van der Waals surface area contributed by atoms with Crippen molar-refractivity contribution in [2.75, 3.05) is 27.1 Å². The highest BCUT2D eigenvalue weighted by Gasteiger charge is 2.34. The normalized spacial score (nSPS) is 24.4. The van der Waals surface area contributed by atoms with Crippen molar-refractivity contribution in [2.24, 2.45) is 0 Å². The average Bonchev–Trinajstić information content (AvgIpc) is 2.33. The second kappa shape index (κ2) is 7.07. The van der Waals surface area contributed by atoms with Crippen molar-refractivity contribution in [1.82, 2.24) is 4.90 Å². The van der Waals surface area contributed by atoms with Crippen LogP contribution >= 0.6 is 0 Å². The molecule has 1 amide bonds. The highest BCUT2D eigenvalue weighted by atomic mass is 16.7. The minimum Gasteiger partial charge on any atom is -0.444 e. The number of amides is 1. The molecule has 0 aromatic rings. The number of aliphatic hydroxyl groups excluding tert-OH is 1. The highest BCUT2D eigenvalue weighted by Crippen LogP contribution is 2.22. The molecule has 0 radical (unpaired) electrons. The summed E-state index contributed by atoms with van der Waals surface area (Å²) in [5.41, 5.74) is -0.527. The molecule has 1 heterocycles. The number of methoxy groups -OCH3 is 1. The second-order valence-electron chi connectivity index (χ2n) is 5.73. The molecule has 0 aliphatic carbocycles. The van der Waals surface area contributed by atoms with Crippen molar-refractivity contribution in [3.8, 4) is 0 Å². The molecule has 0 aromatic carbocycles. The Hall–Kier alpha value is -0.850. The zero-order chi connectivity index (χ0) is 14.5. The number of nitrogens with zero attached hydrogens (tertiary/aromatic N) is 1. The number of carbonyl (C=O) groups excluding carboxylic acids is 1. The maximum atomic E-state index is 12.0. The predicted octanol–water partition coefficient (Wildman–Crippen LogP) is 1.37. The van der Waals surface area contributed by atoms with E-state index in [0.717, 1.165) is 6.42 Å². The first-order chi connectivity index (χ1) is 8.87. The molecule has 0 bridgehead atoms. The Bertz CT molecular complexity index is 289. The summed E-state index contributed by atoms with van der Waals surface area (Å²) < 4.78 is 15.7. The fraction of sp³-hybridized carbons (Fsp3) is 0.923. The van der Waals surface area contributed by atoms with Crippen molar-refractivity contribution in [3.63, 3.8) is 0 Å². The Morgan fingerprint density at radius 3 is 2.63 bits per heavy atom. The molecular formula is C13H25NO5. The SMILES string of the molecule is COCO[C@H]1CCN(C(=O)OC(C)(C)C)[C@H](CO)C1. The first-order valence-electron chi connectivity index (χ1n) is 6.58. The van der Waals surface area contributed by atoms with Gasteiger partial charge in [-0.05, 0) is 33.6 Å².